The number of para-hydroxylation sites is 1. The molecule has 0 atom stereocenters. The molecule has 2 heterocycles. The summed E-state index contributed by atoms with van der Waals surface area (Å²) < 4.78 is 33.4. The first-order chi connectivity index (χ1) is 17.5. The number of carbonyl (C=O) groups is 1. The summed E-state index contributed by atoms with van der Waals surface area (Å²) in [7, 11) is -4.17. The minimum absolute atomic E-state index is 0.0453. The fraction of sp³-hybridized carbons (Fsp3) is 0.111. The van der Waals surface area contributed by atoms with Crippen molar-refractivity contribution < 1.29 is 23.1 Å². The molecule has 0 saturated carbocycles. The molecule has 2 aromatic heterocycles. The maximum absolute atomic E-state index is 13.3. The molecule has 0 aliphatic rings. The average molecular weight is 518 g/mol. The summed E-state index contributed by atoms with van der Waals surface area (Å²) in [6.45, 7) is 4.75. The number of hydrogen-bond donors (Lipinski definition) is 1. The Morgan fingerprint density at radius 2 is 1.68 bits per heavy atom. The van der Waals surface area contributed by atoms with Crippen LogP contribution in [-0.4, -0.2) is 28.9 Å². The van der Waals surface area contributed by atoms with E-state index in [1.807, 2.05) is 26.0 Å². The summed E-state index contributed by atoms with van der Waals surface area (Å²) in [5.74, 6) is -0.466. The standard InChI is InChI=1S/C25H19N3O4S.C2H4O2/c1-17-10-12-19(13-11-17)33(30,31)20(16-26)15-21-24(32-22-8-4-3-7-18(22)2)27-23-9-5-6-14-28(23)25(21)29;1-2(3)4/h3-15H,1-2H3;1H3,(H,3,4). The molecule has 0 spiro atoms. The molecule has 0 aliphatic heterocycles. The fourth-order valence-corrected chi connectivity index (χ4v) is 4.35. The number of pyridine rings is 1. The first-order valence-electron chi connectivity index (χ1n) is 10.9. The van der Waals surface area contributed by atoms with E-state index >= 15 is 0 Å². The molecule has 10 heteroatoms. The number of nitrogens with zero attached hydrogens (tertiary/aromatic N) is 3. The summed E-state index contributed by atoms with van der Waals surface area (Å²) >= 11 is 0. The van der Waals surface area contributed by atoms with Crippen LogP contribution in [0.15, 0.2) is 87.5 Å². The van der Waals surface area contributed by atoms with Crippen LogP contribution in [0.5, 0.6) is 11.6 Å². The van der Waals surface area contributed by atoms with Gasteiger partial charge in [-0.05, 0) is 55.8 Å². The third kappa shape index (κ3) is 6.28. The molecule has 0 amide bonds. The van der Waals surface area contributed by atoms with Gasteiger partial charge in [-0.15, -0.1) is 0 Å². The predicted molar refractivity (Wildman–Crippen MR) is 138 cm³/mol. The van der Waals surface area contributed by atoms with E-state index in [0.29, 0.717) is 11.4 Å². The third-order valence-corrected chi connectivity index (χ3v) is 6.72. The zero-order chi connectivity index (χ0) is 27.2. The lowest BCUT2D eigenvalue weighted by Gasteiger charge is -2.12. The van der Waals surface area contributed by atoms with Gasteiger partial charge in [0.25, 0.3) is 11.5 Å². The quantitative estimate of drug-likeness (QED) is 0.381. The van der Waals surface area contributed by atoms with Crippen molar-refractivity contribution in [2.24, 2.45) is 0 Å². The Balaban J connectivity index is 0.000000886. The van der Waals surface area contributed by atoms with Gasteiger partial charge >= 0.3 is 0 Å². The first-order valence-corrected chi connectivity index (χ1v) is 12.4. The smallest absolute Gasteiger partial charge is 0.300 e. The van der Waals surface area contributed by atoms with E-state index in [0.717, 1.165) is 24.1 Å². The summed E-state index contributed by atoms with van der Waals surface area (Å²) in [5.41, 5.74) is 1.30. The molecule has 2 aromatic carbocycles. The molecule has 4 rings (SSSR count). The van der Waals surface area contributed by atoms with Gasteiger partial charge in [-0.25, -0.2) is 8.42 Å². The summed E-state index contributed by atoms with van der Waals surface area (Å²) in [6.07, 6.45) is 2.54. The largest absolute Gasteiger partial charge is 0.481 e. The Hall–Kier alpha value is -4.75. The van der Waals surface area contributed by atoms with Crippen molar-refractivity contribution in [1.82, 2.24) is 9.38 Å². The molecule has 1 N–H and O–H groups in total. The number of benzene rings is 2. The van der Waals surface area contributed by atoms with Crippen molar-refractivity contribution in [2.45, 2.75) is 25.7 Å². The summed E-state index contributed by atoms with van der Waals surface area (Å²) in [6, 6.07) is 20.0. The van der Waals surface area contributed by atoms with Crippen molar-refractivity contribution in [3.05, 3.63) is 105 Å². The molecule has 0 unspecified atom stereocenters. The van der Waals surface area contributed by atoms with Crippen molar-refractivity contribution in [3.63, 3.8) is 0 Å². The van der Waals surface area contributed by atoms with Crippen LogP contribution in [0.4, 0.5) is 0 Å². The molecule has 0 fully saturated rings. The monoisotopic (exact) mass is 517 g/mol. The van der Waals surface area contributed by atoms with E-state index < -0.39 is 26.3 Å². The third-order valence-electron chi connectivity index (χ3n) is 5.04. The number of sulfone groups is 1. The average Bonchev–Trinajstić information content (AvgIpc) is 2.85. The van der Waals surface area contributed by atoms with Crippen LogP contribution in [-0.2, 0) is 14.6 Å². The van der Waals surface area contributed by atoms with Crippen LogP contribution in [0.3, 0.4) is 0 Å². The Bertz CT molecular complexity index is 1700. The second-order valence-corrected chi connectivity index (χ2v) is 9.81. The number of carboxylic acids is 1. The van der Waals surface area contributed by atoms with Gasteiger partial charge in [0.15, 0.2) is 0 Å². The number of aromatic nitrogens is 2. The predicted octanol–water partition coefficient (Wildman–Crippen LogP) is 4.53. The Labute approximate surface area is 213 Å². The van der Waals surface area contributed by atoms with Gasteiger partial charge in [-0.2, -0.15) is 10.2 Å². The van der Waals surface area contributed by atoms with E-state index in [4.69, 9.17) is 14.6 Å². The number of aryl methyl sites for hydroxylation is 2. The number of fused-ring (bicyclic) bond motifs is 1. The van der Waals surface area contributed by atoms with Gasteiger partial charge < -0.3 is 9.84 Å². The van der Waals surface area contributed by atoms with Gasteiger partial charge in [0.1, 0.15) is 27.9 Å². The number of ether oxygens (including phenoxy) is 1. The topological polar surface area (TPSA) is 139 Å². The highest BCUT2D eigenvalue weighted by Gasteiger charge is 2.23. The van der Waals surface area contributed by atoms with Gasteiger partial charge in [0.2, 0.25) is 15.7 Å². The second kappa shape index (κ2) is 11.3. The van der Waals surface area contributed by atoms with Crippen LogP contribution in [0.2, 0.25) is 0 Å². The molecule has 4 aromatic rings. The zero-order valence-corrected chi connectivity index (χ0v) is 21.1. The number of rotatable bonds is 5. The van der Waals surface area contributed by atoms with Gasteiger partial charge in [0, 0.05) is 13.1 Å². The summed E-state index contributed by atoms with van der Waals surface area (Å²) in [5, 5.41) is 17.1. The molecule has 0 bridgehead atoms. The molecule has 0 aliphatic carbocycles. The fourth-order valence-electron chi connectivity index (χ4n) is 3.20. The van der Waals surface area contributed by atoms with Crippen LogP contribution >= 0.6 is 0 Å². The lowest BCUT2D eigenvalue weighted by atomic mass is 10.2. The number of nitriles is 1. The lowest BCUT2D eigenvalue weighted by molar-refractivity contribution is -0.134. The zero-order valence-electron chi connectivity index (χ0n) is 20.2. The van der Waals surface area contributed by atoms with Gasteiger partial charge in [0.05, 0.1) is 4.90 Å². The molecular weight excluding hydrogens is 494 g/mol. The lowest BCUT2D eigenvalue weighted by Crippen LogP contribution is -2.19. The minimum atomic E-state index is -4.17. The molecule has 0 saturated heterocycles. The first kappa shape index (κ1) is 26.8. The molecule has 37 heavy (non-hydrogen) atoms. The van der Waals surface area contributed by atoms with Crippen molar-refractivity contribution in [3.8, 4) is 17.7 Å². The van der Waals surface area contributed by atoms with Crippen molar-refractivity contribution in [2.75, 3.05) is 0 Å². The number of aliphatic carboxylic acids is 1. The molecule has 188 valence electrons. The maximum atomic E-state index is 13.3. The van der Waals surface area contributed by atoms with Crippen molar-refractivity contribution >= 4 is 27.5 Å². The molecule has 0 radical (unpaired) electrons. The van der Waals surface area contributed by atoms with Gasteiger partial charge in [-0.3, -0.25) is 14.0 Å². The van der Waals surface area contributed by atoms with E-state index in [2.05, 4.69) is 4.98 Å². The van der Waals surface area contributed by atoms with E-state index in [1.165, 1.54) is 22.7 Å². The van der Waals surface area contributed by atoms with Crippen LogP contribution in [0, 0.1) is 25.2 Å². The second-order valence-electron chi connectivity index (χ2n) is 7.89. The number of carboxylic acid groups (broad SMARTS) is 1. The van der Waals surface area contributed by atoms with Gasteiger partial charge in [-0.1, -0.05) is 42.0 Å². The van der Waals surface area contributed by atoms with Crippen molar-refractivity contribution in [1.29, 1.82) is 5.26 Å². The SMILES string of the molecule is CC(=O)O.Cc1ccc(S(=O)(=O)C(C#N)=Cc2c(Oc3ccccc3C)nc3ccccn3c2=O)cc1. The molecule has 9 nitrogen and oxygen atoms in total. The maximum Gasteiger partial charge on any atom is 0.300 e. The van der Waals surface area contributed by atoms with Crippen LogP contribution in [0.25, 0.3) is 11.7 Å². The number of allylic oxidation sites excluding steroid dienone is 1. The van der Waals surface area contributed by atoms with Crippen LogP contribution in [0.1, 0.15) is 23.6 Å². The Kier molecular flexibility index (Phi) is 8.22. The van der Waals surface area contributed by atoms with Crippen LogP contribution < -0.4 is 10.3 Å². The highest BCUT2D eigenvalue weighted by molar-refractivity contribution is 7.95. The highest BCUT2D eigenvalue weighted by atomic mass is 32.2. The minimum Gasteiger partial charge on any atom is -0.481 e. The normalized spacial score (nSPS) is 11.2. The van der Waals surface area contributed by atoms with E-state index in [9.17, 15) is 18.5 Å². The number of hydrogen-bond acceptors (Lipinski definition) is 7. The van der Waals surface area contributed by atoms with E-state index in [-0.39, 0.29) is 16.3 Å². The summed E-state index contributed by atoms with van der Waals surface area (Å²) in [4.78, 5) is 26.1. The Morgan fingerprint density at radius 1 is 1.05 bits per heavy atom. The highest BCUT2D eigenvalue weighted by Crippen LogP contribution is 2.28. The Morgan fingerprint density at radius 3 is 2.30 bits per heavy atom. The molecular formula is C27H23N3O6S. The van der Waals surface area contributed by atoms with E-state index in [1.54, 1.807) is 48.5 Å².